The summed E-state index contributed by atoms with van der Waals surface area (Å²) in [5, 5.41) is 4.41. The van der Waals surface area contributed by atoms with Crippen LogP contribution in [-0.2, 0) is 6.54 Å². The maximum atomic E-state index is 6.17. The third kappa shape index (κ3) is 3.24. The fourth-order valence-electron chi connectivity index (χ4n) is 2.47. The van der Waals surface area contributed by atoms with Gasteiger partial charge in [-0.2, -0.15) is 0 Å². The average Bonchev–Trinajstić information content (AvgIpc) is 2.27. The Bertz CT molecular complexity index is 382. The summed E-state index contributed by atoms with van der Waals surface area (Å²) in [6.45, 7) is 4.28. The first-order valence-corrected chi connectivity index (χ1v) is 7.47. The summed E-state index contributed by atoms with van der Waals surface area (Å²) in [5.41, 5.74) is 1.74. The van der Waals surface area contributed by atoms with Crippen LogP contribution >= 0.6 is 27.5 Å². The molecule has 0 saturated heterocycles. The van der Waals surface area contributed by atoms with Crippen LogP contribution in [0, 0.1) is 5.41 Å². The lowest BCUT2D eigenvalue weighted by molar-refractivity contribution is 0.124. The highest BCUT2D eigenvalue weighted by molar-refractivity contribution is 9.10. The highest BCUT2D eigenvalue weighted by Crippen LogP contribution is 2.43. The molecule has 0 aliphatic heterocycles. The van der Waals surface area contributed by atoms with Gasteiger partial charge >= 0.3 is 0 Å². The van der Waals surface area contributed by atoms with Crippen molar-refractivity contribution < 1.29 is 0 Å². The lowest BCUT2D eigenvalue weighted by Crippen LogP contribution is -2.39. The van der Waals surface area contributed by atoms with Crippen LogP contribution in [0.1, 0.15) is 38.2 Å². The smallest absolute Gasteiger partial charge is 0.0451 e. The van der Waals surface area contributed by atoms with Crippen LogP contribution in [0.2, 0.25) is 5.02 Å². The Morgan fingerprint density at radius 2 is 2.18 bits per heavy atom. The van der Waals surface area contributed by atoms with Gasteiger partial charge in [0.25, 0.3) is 0 Å². The minimum absolute atomic E-state index is 0.568. The van der Waals surface area contributed by atoms with Gasteiger partial charge in [-0.15, -0.1) is 0 Å². The van der Waals surface area contributed by atoms with E-state index in [1.165, 1.54) is 31.2 Å². The minimum Gasteiger partial charge on any atom is -0.312 e. The SMILES string of the molecule is CCC1(CNCc2cc(Br)ccc2Cl)CCC1. The second-order valence-electron chi connectivity index (χ2n) is 5.05. The Labute approximate surface area is 117 Å². The molecule has 1 aliphatic carbocycles. The first kappa shape index (κ1) is 13.4. The summed E-state index contributed by atoms with van der Waals surface area (Å²) < 4.78 is 1.09. The van der Waals surface area contributed by atoms with Crippen LogP contribution in [0.3, 0.4) is 0 Å². The van der Waals surface area contributed by atoms with Crippen molar-refractivity contribution in [2.75, 3.05) is 6.54 Å². The largest absolute Gasteiger partial charge is 0.312 e. The van der Waals surface area contributed by atoms with E-state index < -0.39 is 0 Å². The number of hydrogen-bond donors (Lipinski definition) is 1. The molecule has 94 valence electrons. The highest BCUT2D eigenvalue weighted by atomic mass is 79.9. The van der Waals surface area contributed by atoms with Crippen molar-refractivity contribution in [3.8, 4) is 0 Å². The van der Waals surface area contributed by atoms with Crippen molar-refractivity contribution in [2.45, 2.75) is 39.2 Å². The fraction of sp³-hybridized carbons (Fsp3) is 0.571. The summed E-state index contributed by atoms with van der Waals surface area (Å²) in [6.07, 6.45) is 5.44. The molecule has 0 amide bonds. The van der Waals surface area contributed by atoms with Gasteiger partial charge in [-0.25, -0.2) is 0 Å². The lowest BCUT2D eigenvalue weighted by Gasteiger charge is -2.41. The molecule has 1 nitrogen and oxygen atoms in total. The van der Waals surface area contributed by atoms with Gasteiger partial charge in [0.1, 0.15) is 0 Å². The van der Waals surface area contributed by atoms with Gasteiger partial charge in [-0.1, -0.05) is 40.9 Å². The first-order chi connectivity index (χ1) is 8.15. The molecule has 1 saturated carbocycles. The van der Waals surface area contributed by atoms with Crippen molar-refractivity contribution in [1.29, 1.82) is 0 Å². The van der Waals surface area contributed by atoms with E-state index in [-0.39, 0.29) is 0 Å². The molecule has 1 aliphatic rings. The zero-order valence-corrected chi connectivity index (χ0v) is 12.6. The van der Waals surface area contributed by atoms with Gasteiger partial charge in [0, 0.05) is 22.6 Å². The Kier molecular flexibility index (Phi) is 4.51. The summed E-state index contributed by atoms with van der Waals surface area (Å²) in [7, 11) is 0. The Hall–Kier alpha value is -0.0500. The van der Waals surface area contributed by atoms with Crippen LogP contribution < -0.4 is 5.32 Å². The summed E-state index contributed by atoms with van der Waals surface area (Å²) in [6, 6.07) is 6.02. The van der Waals surface area contributed by atoms with Gasteiger partial charge in [0.15, 0.2) is 0 Å². The number of nitrogens with one attached hydrogen (secondary N) is 1. The molecule has 1 aromatic rings. The standard InChI is InChI=1S/C14H19BrClN/c1-2-14(6-3-7-14)10-17-9-11-8-12(15)4-5-13(11)16/h4-5,8,17H,2-3,6-7,9-10H2,1H3. The van der Waals surface area contributed by atoms with E-state index in [1.54, 1.807) is 0 Å². The molecule has 0 heterocycles. The molecule has 0 aromatic heterocycles. The second-order valence-corrected chi connectivity index (χ2v) is 6.37. The van der Waals surface area contributed by atoms with Crippen molar-refractivity contribution in [2.24, 2.45) is 5.41 Å². The van der Waals surface area contributed by atoms with Crippen LogP contribution in [-0.4, -0.2) is 6.54 Å². The van der Waals surface area contributed by atoms with E-state index in [1.807, 2.05) is 12.1 Å². The third-order valence-corrected chi connectivity index (χ3v) is 4.85. The molecule has 0 spiro atoms. The molecule has 0 unspecified atom stereocenters. The molecule has 17 heavy (non-hydrogen) atoms. The van der Waals surface area contributed by atoms with Crippen molar-refractivity contribution in [1.82, 2.24) is 5.32 Å². The number of hydrogen-bond acceptors (Lipinski definition) is 1. The van der Waals surface area contributed by atoms with E-state index in [9.17, 15) is 0 Å². The second kappa shape index (κ2) is 5.73. The van der Waals surface area contributed by atoms with Gasteiger partial charge < -0.3 is 5.32 Å². The predicted octanol–water partition coefficient (Wildman–Crippen LogP) is 4.77. The van der Waals surface area contributed by atoms with E-state index >= 15 is 0 Å². The zero-order chi connectivity index (χ0) is 12.3. The number of rotatable bonds is 5. The van der Waals surface area contributed by atoms with Crippen LogP contribution in [0.25, 0.3) is 0 Å². The van der Waals surface area contributed by atoms with E-state index in [4.69, 9.17) is 11.6 Å². The molecule has 0 radical (unpaired) electrons. The Morgan fingerprint density at radius 1 is 1.41 bits per heavy atom. The molecule has 1 N–H and O–H groups in total. The molecule has 1 aromatic carbocycles. The van der Waals surface area contributed by atoms with Gasteiger partial charge in [0.2, 0.25) is 0 Å². The fourth-order valence-corrected chi connectivity index (χ4v) is 3.07. The highest BCUT2D eigenvalue weighted by Gasteiger charge is 2.34. The monoisotopic (exact) mass is 315 g/mol. The lowest BCUT2D eigenvalue weighted by atomic mass is 9.67. The van der Waals surface area contributed by atoms with Crippen molar-refractivity contribution >= 4 is 27.5 Å². The van der Waals surface area contributed by atoms with Crippen LogP contribution in [0.15, 0.2) is 22.7 Å². The van der Waals surface area contributed by atoms with Crippen LogP contribution in [0.4, 0.5) is 0 Å². The zero-order valence-electron chi connectivity index (χ0n) is 10.2. The third-order valence-electron chi connectivity index (χ3n) is 3.99. The molecule has 1 fully saturated rings. The predicted molar refractivity (Wildman–Crippen MR) is 77.4 cm³/mol. The molecule has 3 heteroatoms. The molecule has 0 atom stereocenters. The maximum absolute atomic E-state index is 6.17. The number of benzene rings is 1. The quantitative estimate of drug-likeness (QED) is 0.825. The van der Waals surface area contributed by atoms with Crippen LogP contribution in [0.5, 0.6) is 0 Å². The average molecular weight is 317 g/mol. The summed E-state index contributed by atoms with van der Waals surface area (Å²) in [5.74, 6) is 0. The Balaban J connectivity index is 1.87. The van der Waals surface area contributed by atoms with Gasteiger partial charge in [-0.05, 0) is 48.4 Å². The first-order valence-electron chi connectivity index (χ1n) is 6.30. The van der Waals surface area contributed by atoms with Gasteiger partial charge in [-0.3, -0.25) is 0 Å². The normalized spacial score (nSPS) is 17.8. The van der Waals surface area contributed by atoms with E-state index in [0.29, 0.717) is 5.41 Å². The minimum atomic E-state index is 0.568. The maximum Gasteiger partial charge on any atom is 0.0451 e. The Morgan fingerprint density at radius 3 is 2.76 bits per heavy atom. The van der Waals surface area contributed by atoms with E-state index in [0.717, 1.165) is 22.6 Å². The molecular formula is C14H19BrClN. The topological polar surface area (TPSA) is 12.0 Å². The summed E-state index contributed by atoms with van der Waals surface area (Å²) in [4.78, 5) is 0. The van der Waals surface area contributed by atoms with Crippen molar-refractivity contribution in [3.05, 3.63) is 33.3 Å². The molecular weight excluding hydrogens is 298 g/mol. The van der Waals surface area contributed by atoms with Gasteiger partial charge in [0.05, 0.1) is 0 Å². The number of halogens is 2. The van der Waals surface area contributed by atoms with E-state index in [2.05, 4.69) is 34.2 Å². The molecule has 0 bridgehead atoms. The summed E-state index contributed by atoms with van der Waals surface area (Å²) >= 11 is 9.65. The van der Waals surface area contributed by atoms with Crippen molar-refractivity contribution in [3.63, 3.8) is 0 Å². The molecule has 2 rings (SSSR count).